The van der Waals surface area contributed by atoms with Gasteiger partial charge in [0.05, 0.1) is 18.1 Å². The van der Waals surface area contributed by atoms with E-state index in [0.29, 0.717) is 53.5 Å². The summed E-state index contributed by atoms with van der Waals surface area (Å²) in [6, 6.07) is 13.5. The number of hydrogen-bond acceptors (Lipinski definition) is 7. The largest absolute Gasteiger partial charge is 0.490 e. The lowest BCUT2D eigenvalue weighted by atomic mass is 10.1. The van der Waals surface area contributed by atoms with Crippen LogP contribution in [0.3, 0.4) is 0 Å². The van der Waals surface area contributed by atoms with Gasteiger partial charge in [0.25, 0.3) is 5.91 Å². The molecule has 2 aromatic rings. The van der Waals surface area contributed by atoms with Gasteiger partial charge in [0.1, 0.15) is 10.9 Å². The summed E-state index contributed by atoms with van der Waals surface area (Å²) in [5.41, 5.74) is 1.85. The molecule has 6 nitrogen and oxygen atoms in total. The fraction of sp³-hybridized carbons (Fsp3) is 0.320. The van der Waals surface area contributed by atoms with E-state index < -0.39 is 0 Å². The average molecular weight is 565 g/mol. The Hall–Kier alpha value is -2.36. The van der Waals surface area contributed by atoms with Gasteiger partial charge in [-0.3, -0.25) is 14.5 Å². The summed E-state index contributed by atoms with van der Waals surface area (Å²) in [4.78, 5) is 26.5. The molecule has 0 N–H and O–H groups in total. The van der Waals surface area contributed by atoms with Gasteiger partial charge in [0, 0.05) is 17.4 Å². The number of thioether (sulfide) groups is 1. The zero-order valence-electron chi connectivity index (χ0n) is 19.0. The predicted octanol–water partition coefficient (Wildman–Crippen LogP) is 5.97. The lowest BCUT2D eigenvalue weighted by molar-refractivity contribution is -0.143. The fourth-order valence-corrected chi connectivity index (χ4v) is 4.78. The van der Waals surface area contributed by atoms with E-state index in [2.05, 4.69) is 15.9 Å². The molecular formula is C25H26BrNO5S2. The van der Waals surface area contributed by atoms with Crippen LogP contribution in [0.4, 0.5) is 0 Å². The fourth-order valence-electron chi connectivity index (χ4n) is 3.20. The average Bonchev–Trinajstić information content (AvgIpc) is 3.07. The zero-order chi connectivity index (χ0) is 24.5. The van der Waals surface area contributed by atoms with Crippen LogP contribution < -0.4 is 9.47 Å². The maximum Gasteiger partial charge on any atom is 0.305 e. The lowest BCUT2D eigenvalue weighted by Crippen LogP contribution is -2.29. The van der Waals surface area contributed by atoms with Crippen molar-refractivity contribution in [2.75, 3.05) is 19.8 Å². The van der Waals surface area contributed by atoms with E-state index in [0.717, 1.165) is 15.6 Å². The molecule has 0 unspecified atom stereocenters. The molecule has 9 heteroatoms. The summed E-state index contributed by atoms with van der Waals surface area (Å²) >= 11 is 10.1. The summed E-state index contributed by atoms with van der Waals surface area (Å²) in [6.45, 7) is 5.31. The van der Waals surface area contributed by atoms with Gasteiger partial charge in [-0.05, 0) is 61.7 Å². The molecule has 1 aliphatic heterocycles. The second-order valence-corrected chi connectivity index (χ2v) is 9.89. The second-order valence-electron chi connectivity index (χ2n) is 7.30. The number of amides is 1. The third-order valence-electron chi connectivity index (χ3n) is 4.81. The van der Waals surface area contributed by atoms with Gasteiger partial charge in [-0.15, -0.1) is 0 Å². The van der Waals surface area contributed by atoms with Gasteiger partial charge in [0.15, 0.2) is 11.5 Å². The van der Waals surface area contributed by atoms with Gasteiger partial charge >= 0.3 is 5.97 Å². The number of ether oxygens (including phenoxy) is 3. The monoisotopic (exact) mass is 563 g/mol. The van der Waals surface area contributed by atoms with E-state index in [4.69, 9.17) is 26.4 Å². The molecule has 0 aliphatic carbocycles. The van der Waals surface area contributed by atoms with Crippen molar-refractivity contribution in [3.8, 4) is 11.5 Å². The van der Waals surface area contributed by atoms with Crippen molar-refractivity contribution >= 4 is 62.2 Å². The molecule has 2 aromatic carbocycles. The Morgan fingerprint density at radius 2 is 1.85 bits per heavy atom. The Kier molecular flexibility index (Phi) is 9.98. The van der Waals surface area contributed by atoms with Gasteiger partial charge in [-0.2, -0.15) is 0 Å². The quantitative estimate of drug-likeness (QED) is 0.189. The Bertz CT molecular complexity index is 1070. The van der Waals surface area contributed by atoms with Crippen molar-refractivity contribution < 1.29 is 23.8 Å². The third-order valence-corrected chi connectivity index (χ3v) is 6.72. The lowest BCUT2D eigenvalue weighted by Gasteiger charge is -2.14. The van der Waals surface area contributed by atoms with Crippen LogP contribution in [0.15, 0.2) is 51.8 Å². The Labute approximate surface area is 217 Å². The predicted molar refractivity (Wildman–Crippen MR) is 142 cm³/mol. The van der Waals surface area contributed by atoms with E-state index in [9.17, 15) is 9.59 Å². The first-order valence-electron chi connectivity index (χ1n) is 11.0. The maximum atomic E-state index is 12.9. The topological polar surface area (TPSA) is 65.1 Å². The molecule has 0 radical (unpaired) electrons. The minimum Gasteiger partial charge on any atom is -0.490 e. The van der Waals surface area contributed by atoms with Crippen molar-refractivity contribution in [1.82, 2.24) is 4.90 Å². The number of halogens is 1. The molecule has 180 valence electrons. The minimum atomic E-state index is -0.269. The van der Waals surface area contributed by atoms with E-state index in [1.807, 2.05) is 49.4 Å². The molecule has 3 rings (SSSR count). The highest BCUT2D eigenvalue weighted by Gasteiger charge is 2.31. The van der Waals surface area contributed by atoms with Crippen LogP contribution >= 0.6 is 39.9 Å². The van der Waals surface area contributed by atoms with Crippen molar-refractivity contribution in [2.24, 2.45) is 0 Å². The van der Waals surface area contributed by atoms with Crippen molar-refractivity contribution in [1.29, 1.82) is 0 Å². The van der Waals surface area contributed by atoms with E-state index in [1.165, 1.54) is 16.7 Å². The smallest absolute Gasteiger partial charge is 0.305 e. The summed E-state index contributed by atoms with van der Waals surface area (Å²) < 4.78 is 18.2. The van der Waals surface area contributed by atoms with Gasteiger partial charge in [0.2, 0.25) is 0 Å². The highest BCUT2D eigenvalue weighted by Crippen LogP contribution is 2.35. The van der Waals surface area contributed by atoms with Gasteiger partial charge in [-0.25, -0.2) is 0 Å². The second kappa shape index (κ2) is 12.9. The standard InChI is InChI=1S/C25H26BrNO5S2/c1-3-30-21-14-18(9-12-20(21)32-16-17-7-10-19(26)11-8-17)15-22-24(29)27(25(33)34-22)13-5-6-23(28)31-4-2/h7-12,14-15H,3-6,13,16H2,1-2H3/b22-15+. The van der Waals surface area contributed by atoms with Crippen molar-refractivity contribution in [3.63, 3.8) is 0 Å². The van der Waals surface area contributed by atoms with Crippen molar-refractivity contribution in [2.45, 2.75) is 33.3 Å². The number of carbonyl (C=O) groups is 2. The number of benzene rings is 2. The van der Waals surface area contributed by atoms with Crippen LogP contribution in [0, 0.1) is 0 Å². The van der Waals surface area contributed by atoms with E-state index in [-0.39, 0.29) is 18.3 Å². The molecule has 1 amide bonds. The molecule has 0 saturated carbocycles. The first-order chi connectivity index (χ1) is 16.4. The maximum absolute atomic E-state index is 12.9. The van der Waals surface area contributed by atoms with E-state index >= 15 is 0 Å². The highest BCUT2D eigenvalue weighted by molar-refractivity contribution is 9.10. The molecule has 0 bridgehead atoms. The first-order valence-corrected chi connectivity index (χ1v) is 13.0. The number of rotatable bonds is 11. The minimum absolute atomic E-state index is 0.160. The molecule has 1 heterocycles. The Morgan fingerprint density at radius 1 is 1.09 bits per heavy atom. The third kappa shape index (κ3) is 7.32. The molecule has 0 aromatic heterocycles. The van der Waals surface area contributed by atoms with E-state index in [1.54, 1.807) is 13.0 Å². The highest BCUT2D eigenvalue weighted by atomic mass is 79.9. The first kappa shape index (κ1) is 26.2. The number of hydrogen-bond donors (Lipinski definition) is 0. The summed E-state index contributed by atoms with van der Waals surface area (Å²) in [5, 5.41) is 0. The molecule has 1 fully saturated rings. The molecule has 34 heavy (non-hydrogen) atoms. The van der Waals surface area contributed by atoms with Gasteiger partial charge < -0.3 is 14.2 Å². The molecule has 0 atom stereocenters. The van der Waals surface area contributed by atoms with Crippen LogP contribution in [0.5, 0.6) is 11.5 Å². The number of thiocarbonyl (C=S) groups is 1. The number of carbonyl (C=O) groups excluding carboxylic acids is 2. The molecule has 1 aliphatic rings. The van der Waals surface area contributed by atoms with Gasteiger partial charge in [-0.1, -0.05) is 58.1 Å². The summed E-state index contributed by atoms with van der Waals surface area (Å²) in [6.07, 6.45) is 2.55. The zero-order valence-corrected chi connectivity index (χ0v) is 22.3. The Balaban J connectivity index is 1.67. The molecule has 1 saturated heterocycles. The molecular weight excluding hydrogens is 538 g/mol. The SMILES string of the molecule is CCOC(=O)CCCN1C(=O)/C(=C\c2ccc(OCc3ccc(Br)cc3)c(OCC)c2)SC1=S. The number of esters is 1. The van der Waals surface area contributed by atoms with Crippen LogP contribution in [-0.2, 0) is 20.9 Å². The summed E-state index contributed by atoms with van der Waals surface area (Å²) in [5.74, 6) is 0.813. The normalized spacial score (nSPS) is 14.6. The van der Waals surface area contributed by atoms with Crippen LogP contribution in [0.2, 0.25) is 0 Å². The van der Waals surface area contributed by atoms with Crippen LogP contribution in [0.1, 0.15) is 37.8 Å². The van der Waals surface area contributed by atoms with Crippen molar-refractivity contribution in [3.05, 3.63) is 63.0 Å². The Morgan fingerprint density at radius 3 is 2.56 bits per heavy atom. The van der Waals surface area contributed by atoms with Crippen LogP contribution in [-0.4, -0.2) is 40.9 Å². The molecule has 0 spiro atoms. The number of nitrogens with zero attached hydrogens (tertiary/aromatic N) is 1. The van der Waals surface area contributed by atoms with Crippen LogP contribution in [0.25, 0.3) is 6.08 Å². The summed E-state index contributed by atoms with van der Waals surface area (Å²) in [7, 11) is 0.